The molecule has 176 valence electrons. The average Bonchev–Trinajstić information content (AvgIpc) is 2.81. The molecule has 2 aromatic rings. The van der Waals surface area contributed by atoms with Gasteiger partial charge in [-0.3, -0.25) is 9.78 Å². The summed E-state index contributed by atoms with van der Waals surface area (Å²) in [7, 11) is 1.62. The van der Waals surface area contributed by atoms with Crippen molar-refractivity contribution in [3.8, 4) is 5.75 Å². The summed E-state index contributed by atoms with van der Waals surface area (Å²) in [5.74, 6) is 1.98. The van der Waals surface area contributed by atoms with Crippen LogP contribution in [0.1, 0.15) is 50.7 Å². The second-order valence-corrected chi connectivity index (χ2v) is 9.86. The van der Waals surface area contributed by atoms with Crippen LogP contribution in [0.25, 0.3) is 10.9 Å². The highest BCUT2D eigenvalue weighted by atomic mass is 32.2. The normalized spacial score (nSPS) is 20.3. The molecule has 1 aromatic carbocycles. The molecule has 3 rings (SSSR count). The predicted octanol–water partition coefficient (Wildman–Crippen LogP) is 4.61. The van der Waals surface area contributed by atoms with Gasteiger partial charge in [-0.15, -0.1) is 0 Å². The predicted molar refractivity (Wildman–Crippen MR) is 130 cm³/mol. The summed E-state index contributed by atoms with van der Waals surface area (Å²) in [5.41, 5.74) is 1.64. The van der Waals surface area contributed by atoms with Crippen LogP contribution in [0, 0.1) is 11.8 Å². The number of aliphatic hydroxyl groups excluding tert-OH is 1. The fourth-order valence-electron chi connectivity index (χ4n) is 4.53. The number of unbranched alkanes of at least 4 members (excludes halogenated alkanes) is 1. The van der Waals surface area contributed by atoms with E-state index >= 15 is 0 Å². The number of hydrogen-bond acceptors (Lipinski definition) is 6. The molecule has 1 aliphatic rings. The van der Waals surface area contributed by atoms with Crippen LogP contribution in [0.3, 0.4) is 0 Å². The molecule has 0 saturated carbocycles. The molecular weight excluding hydrogens is 424 g/mol. The van der Waals surface area contributed by atoms with E-state index in [0.29, 0.717) is 19.4 Å². The van der Waals surface area contributed by atoms with E-state index in [9.17, 15) is 15.0 Å². The van der Waals surface area contributed by atoms with Gasteiger partial charge in [-0.1, -0.05) is 13.3 Å². The molecule has 0 spiro atoms. The summed E-state index contributed by atoms with van der Waals surface area (Å²) >= 11 is 1.96. The van der Waals surface area contributed by atoms with Crippen molar-refractivity contribution in [1.82, 2.24) is 9.88 Å². The number of hydrogen-bond donors (Lipinski definition) is 2. The maximum Gasteiger partial charge on any atom is 0.308 e. The quantitative estimate of drug-likeness (QED) is 0.448. The first-order valence-electron chi connectivity index (χ1n) is 11.7. The first-order valence-corrected chi connectivity index (χ1v) is 12.8. The van der Waals surface area contributed by atoms with Crippen molar-refractivity contribution in [2.75, 3.05) is 38.2 Å². The second kappa shape index (κ2) is 12.4. The minimum absolute atomic E-state index is 0.0915. The number of carboxylic acid groups (broad SMARTS) is 1. The Morgan fingerprint density at radius 2 is 2.19 bits per heavy atom. The number of carbonyl (C=O) groups is 1. The number of aromatic nitrogens is 1. The third kappa shape index (κ3) is 6.59. The van der Waals surface area contributed by atoms with Crippen molar-refractivity contribution in [2.24, 2.45) is 11.8 Å². The monoisotopic (exact) mass is 460 g/mol. The van der Waals surface area contributed by atoms with Crippen molar-refractivity contribution in [3.63, 3.8) is 0 Å². The number of thioether (sulfide) groups is 1. The van der Waals surface area contributed by atoms with E-state index in [0.717, 1.165) is 47.5 Å². The number of methoxy groups -OCH3 is 1. The summed E-state index contributed by atoms with van der Waals surface area (Å²) in [6.45, 7) is 4.71. The first kappa shape index (κ1) is 24.8. The van der Waals surface area contributed by atoms with Gasteiger partial charge in [-0.25, -0.2) is 0 Å². The second-order valence-electron chi connectivity index (χ2n) is 8.64. The van der Waals surface area contributed by atoms with E-state index < -0.39 is 12.1 Å². The molecule has 1 aromatic heterocycles. The number of benzene rings is 1. The minimum atomic E-state index is -0.716. The highest BCUT2D eigenvalue weighted by Gasteiger charge is 2.34. The Hall–Kier alpha value is -1.83. The summed E-state index contributed by atoms with van der Waals surface area (Å²) in [4.78, 5) is 18.7. The van der Waals surface area contributed by atoms with E-state index in [1.165, 1.54) is 18.6 Å². The van der Waals surface area contributed by atoms with Gasteiger partial charge in [-0.2, -0.15) is 11.8 Å². The van der Waals surface area contributed by atoms with Crippen molar-refractivity contribution < 1.29 is 19.7 Å². The Labute approximate surface area is 195 Å². The average molecular weight is 461 g/mol. The van der Waals surface area contributed by atoms with E-state index in [4.69, 9.17) is 4.74 Å². The van der Waals surface area contributed by atoms with Gasteiger partial charge < -0.3 is 19.8 Å². The van der Waals surface area contributed by atoms with Crippen LogP contribution in [-0.4, -0.2) is 64.3 Å². The zero-order valence-electron chi connectivity index (χ0n) is 19.2. The van der Waals surface area contributed by atoms with Gasteiger partial charge >= 0.3 is 5.97 Å². The van der Waals surface area contributed by atoms with Crippen LogP contribution in [0.2, 0.25) is 0 Å². The zero-order chi connectivity index (χ0) is 22.9. The zero-order valence-corrected chi connectivity index (χ0v) is 20.0. The van der Waals surface area contributed by atoms with Gasteiger partial charge in [0, 0.05) is 30.4 Å². The number of carboxylic acids is 1. The number of aliphatic carboxylic acids is 1. The Balaban J connectivity index is 1.58. The third-order valence-corrected chi connectivity index (χ3v) is 7.55. The molecule has 6 nitrogen and oxygen atoms in total. The van der Waals surface area contributed by atoms with Crippen LogP contribution < -0.4 is 4.74 Å². The summed E-state index contributed by atoms with van der Waals surface area (Å²) in [5, 5.41) is 21.7. The molecule has 0 amide bonds. The molecule has 32 heavy (non-hydrogen) atoms. The minimum Gasteiger partial charge on any atom is -0.497 e. The lowest BCUT2D eigenvalue weighted by Gasteiger charge is -2.37. The molecule has 1 saturated heterocycles. The van der Waals surface area contributed by atoms with E-state index in [1.807, 2.05) is 36.0 Å². The SMILES string of the molecule is CCCCSCCN1CC[C@@H](CC[C@H](O)c2ccnc3ccc(OC)cc23)[C@@H](C(=O)O)C1. The molecule has 0 unspecified atom stereocenters. The van der Waals surface area contributed by atoms with Crippen LogP contribution in [0.5, 0.6) is 5.75 Å². The Bertz CT molecular complexity index is 878. The lowest BCUT2D eigenvalue weighted by atomic mass is 9.81. The largest absolute Gasteiger partial charge is 0.497 e. The molecule has 2 heterocycles. The van der Waals surface area contributed by atoms with Crippen LogP contribution in [0.4, 0.5) is 0 Å². The van der Waals surface area contributed by atoms with Crippen molar-refractivity contribution in [1.29, 1.82) is 0 Å². The van der Waals surface area contributed by atoms with E-state index in [2.05, 4.69) is 16.8 Å². The number of likely N-dealkylation sites (tertiary alicyclic amines) is 1. The van der Waals surface area contributed by atoms with Crippen LogP contribution in [0.15, 0.2) is 30.5 Å². The molecule has 3 atom stereocenters. The number of piperidine rings is 1. The van der Waals surface area contributed by atoms with Crippen LogP contribution >= 0.6 is 11.8 Å². The molecular formula is C25H36N2O4S. The molecule has 0 bridgehead atoms. The van der Waals surface area contributed by atoms with Crippen molar-refractivity contribution >= 4 is 28.6 Å². The Morgan fingerprint density at radius 1 is 1.34 bits per heavy atom. The maximum absolute atomic E-state index is 12.0. The van der Waals surface area contributed by atoms with Gasteiger partial charge in [0.1, 0.15) is 5.75 Å². The number of aliphatic hydroxyl groups is 1. The van der Waals surface area contributed by atoms with Crippen LogP contribution in [-0.2, 0) is 4.79 Å². The standard InChI is InChI=1S/C25H36N2O4S/c1-3-4-14-32-15-13-27-12-10-18(22(17-27)25(29)30)5-8-24(28)20-9-11-26-23-7-6-19(31-2)16-21(20)23/h6-7,9,11,16,18,22,24,28H,3-5,8,10,12-15,17H2,1-2H3,(H,29,30)/t18-,22+,24+/m1/s1. The number of ether oxygens (including phenoxy) is 1. The first-order chi connectivity index (χ1) is 15.5. The summed E-state index contributed by atoms with van der Waals surface area (Å²) in [6, 6.07) is 7.50. The Kier molecular flexibility index (Phi) is 9.63. The molecule has 0 aliphatic carbocycles. The highest BCUT2D eigenvalue weighted by Crippen LogP contribution is 2.33. The topological polar surface area (TPSA) is 82.9 Å². The molecule has 7 heteroatoms. The highest BCUT2D eigenvalue weighted by molar-refractivity contribution is 7.99. The summed E-state index contributed by atoms with van der Waals surface area (Å²) in [6.07, 6.45) is 5.62. The smallest absolute Gasteiger partial charge is 0.308 e. The fourth-order valence-corrected chi connectivity index (χ4v) is 5.61. The van der Waals surface area contributed by atoms with Gasteiger partial charge in [0.2, 0.25) is 0 Å². The Morgan fingerprint density at radius 3 is 2.94 bits per heavy atom. The molecule has 1 aliphatic heterocycles. The van der Waals surface area contributed by atoms with E-state index in [-0.39, 0.29) is 11.8 Å². The fraction of sp³-hybridized carbons (Fsp3) is 0.600. The van der Waals surface area contributed by atoms with Crippen molar-refractivity contribution in [3.05, 3.63) is 36.0 Å². The summed E-state index contributed by atoms with van der Waals surface area (Å²) < 4.78 is 5.33. The maximum atomic E-state index is 12.0. The number of nitrogens with zero attached hydrogens (tertiary/aromatic N) is 2. The lowest BCUT2D eigenvalue weighted by molar-refractivity contribution is -0.146. The van der Waals surface area contributed by atoms with E-state index in [1.54, 1.807) is 13.3 Å². The van der Waals surface area contributed by atoms with Gasteiger partial charge in [0.25, 0.3) is 0 Å². The van der Waals surface area contributed by atoms with Gasteiger partial charge in [0.15, 0.2) is 0 Å². The number of fused-ring (bicyclic) bond motifs is 1. The van der Waals surface area contributed by atoms with Gasteiger partial charge in [0.05, 0.1) is 24.6 Å². The molecule has 0 radical (unpaired) electrons. The lowest BCUT2D eigenvalue weighted by Crippen LogP contribution is -2.44. The van der Waals surface area contributed by atoms with Gasteiger partial charge in [-0.05, 0) is 73.7 Å². The molecule has 1 fully saturated rings. The number of pyridine rings is 1. The third-order valence-electron chi connectivity index (χ3n) is 6.50. The van der Waals surface area contributed by atoms with Crippen molar-refractivity contribution in [2.45, 2.75) is 45.1 Å². The number of rotatable bonds is 12. The molecule has 2 N–H and O–H groups in total.